The summed E-state index contributed by atoms with van der Waals surface area (Å²) in [6.07, 6.45) is 1.50. The number of nitrogens with one attached hydrogen (secondary N) is 1. The lowest BCUT2D eigenvalue weighted by Gasteiger charge is -2.32. The Morgan fingerprint density at radius 2 is 1.70 bits per heavy atom. The van der Waals surface area contributed by atoms with Crippen LogP contribution in [0.5, 0.6) is 0 Å². The van der Waals surface area contributed by atoms with Gasteiger partial charge in [-0.2, -0.15) is 0 Å². The zero-order chi connectivity index (χ0) is 26.8. The Morgan fingerprint density at radius 3 is 2.35 bits per heavy atom. The van der Waals surface area contributed by atoms with Crippen LogP contribution in [-0.4, -0.2) is 34.6 Å². The number of thioether (sulfide) groups is 1. The lowest BCUT2D eigenvalue weighted by atomic mass is 10.0. The maximum absolute atomic E-state index is 13.7. The van der Waals surface area contributed by atoms with E-state index in [1.807, 2.05) is 50.2 Å². The molecule has 196 valence electrons. The van der Waals surface area contributed by atoms with Gasteiger partial charge in [0.15, 0.2) is 0 Å². The fourth-order valence-corrected chi connectivity index (χ4v) is 5.17. The van der Waals surface area contributed by atoms with Crippen molar-refractivity contribution in [2.75, 3.05) is 5.75 Å². The van der Waals surface area contributed by atoms with Crippen LogP contribution >= 0.6 is 35.0 Å². The highest BCUT2D eigenvalue weighted by Crippen LogP contribution is 2.25. The van der Waals surface area contributed by atoms with E-state index in [2.05, 4.69) is 36.5 Å². The van der Waals surface area contributed by atoms with Crippen molar-refractivity contribution in [1.82, 2.24) is 10.2 Å². The number of nitrogens with zero attached hydrogens (tertiary/aromatic N) is 1. The van der Waals surface area contributed by atoms with Crippen LogP contribution in [0.2, 0.25) is 10.0 Å². The first-order valence-electron chi connectivity index (χ1n) is 12.5. The van der Waals surface area contributed by atoms with Crippen LogP contribution in [0, 0.1) is 6.92 Å². The highest BCUT2D eigenvalue weighted by Gasteiger charge is 2.31. The van der Waals surface area contributed by atoms with Gasteiger partial charge < -0.3 is 10.2 Å². The Bertz CT molecular complexity index is 1170. The molecule has 4 nitrogen and oxygen atoms in total. The normalized spacial score (nSPS) is 12.6. The molecule has 0 saturated heterocycles. The van der Waals surface area contributed by atoms with E-state index < -0.39 is 6.04 Å². The van der Waals surface area contributed by atoms with E-state index in [4.69, 9.17) is 23.2 Å². The van der Waals surface area contributed by atoms with Crippen molar-refractivity contribution in [2.24, 2.45) is 0 Å². The monoisotopic (exact) mass is 556 g/mol. The minimum atomic E-state index is -0.681. The summed E-state index contributed by atoms with van der Waals surface area (Å²) in [4.78, 5) is 30.1. The highest BCUT2D eigenvalue weighted by atomic mass is 35.5. The molecule has 0 unspecified atom stereocenters. The number of carbonyl (C=O) groups is 2. The third-order valence-corrected chi connectivity index (χ3v) is 7.83. The Labute approximate surface area is 234 Å². The Balaban J connectivity index is 1.88. The minimum Gasteiger partial charge on any atom is -0.352 e. The molecule has 2 atom stereocenters. The van der Waals surface area contributed by atoms with Crippen molar-refractivity contribution < 1.29 is 9.59 Å². The molecule has 0 bridgehead atoms. The summed E-state index contributed by atoms with van der Waals surface area (Å²) < 4.78 is 0. The highest BCUT2D eigenvalue weighted by molar-refractivity contribution is 7.99. The van der Waals surface area contributed by atoms with E-state index >= 15 is 0 Å². The molecule has 0 spiro atoms. The van der Waals surface area contributed by atoms with Crippen molar-refractivity contribution >= 4 is 46.8 Å². The van der Waals surface area contributed by atoms with E-state index in [-0.39, 0.29) is 24.4 Å². The van der Waals surface area contributed by atoms with E-state index in [0.717, 1.165) is 22.4 Å². The first kappa shape index (κ1) is 29.1. The minimum absolute atomic E-state index is 0.000983. The van der Waals surface area contributed by atoms with Gasteiger partial charge in [0.25, 0.3) is 0 Å². The second-order valence-corrected chi connectivity index (χ2v) is 11.2. The molecule has 0 aliphatic carbocycles. The molecule has 37 heavy (non-hydrogen) atoms. The predicted molar refractivity (Wildman–Crippen MR) is 155 cm³/mol. The Kier molecular flexibility index (Phi) is 11.4. The van der Waals surface area contributed by atoms with E-state index in [0.29, 0.717) is 28.6 Å². The van der Waals surface area contributed by atoms with Crippen molar-refractivity contribution in [2.45, 2.75) is 63.6 Å². The molecule has 2 amide bonds. The van der Waals surface area contributed by atoms with Crippen molar-refractivity contribution in [3.63, 3.8) is 0 Å². The van der Waals surface area contributed by atoms with Crippen molar-refractivity contribution in [3.05, 3.63) is 99.5 Å². The van der Waals surface area contributed by atoms with Crippen LogP contribution in [0.4, 0.5) is 0 Å². The average Bonchev–Trinajstić information content (AvgIpc) is 2.88. The maximum atomic E-state index is 13.7. The summed E-state index contributed by atoms with van der Waals surface area (Å²) in [7, 11) is 0. The van der Waals surface area contributed by atoms with Crippen LogP contribution in [0.1, 0.15) is 43.4 Å². The molecule has 1 N–H and O–H groups in total. The molecule has 3 aromatic carbocycles. The molecule has 0 saturated carbocycles. The SMILES string of the molecule is CC[C@@H](C)NC(=O)[C@H](Cc1ccccc1)N(Cc1ccc(Cl)cc1Cl)C(=O)CCSc1ccc(C)cc1. The van der Waals surface area contributed by atoms with Gasteiger partial charge in [0, 0.05) is 46.1 Å². The second kappa shape index (κ2) is 14.5. The van der Waals surface area contributed by atoms with Crippen LogP contribution in [0.25, 0.3) is 0 Å². The fraction of sp³-hybridized carbons (Fsp3) is 0.333. The molecule has 0 aliphatic rings. The summed E-state index contributed by atoms with van der Waals surface area (Å²) in [5.41, 5.74) is 2.93. The van der Waals surface area contributed by atoms with Gasteiger partial charge in [0.2, 0.25) is 11.8 Å². The van der Waals surface area contributed by atoms with Crippen LogP contribution in [0.3, 0.4) is 0 Å². The van der Waals surface area contributed by atoms with E-state index in [1.54, 1.807) is 28.8 Å². The molecule has 7 heteroatoms. The first-order valence-corrected chi connectivity index (χ1v) is 14.3. The van der Waals surface area contributed by atoms with Crippen molar-refractivity contribution in [3.8, 4) is 0 Å². The summed E-state index contributed by atoms with van der Waals surface area (Å²) >= 11 is 14.2. The first-order chi connectivity index (χ1) is 17.8. The topological polar surface area (TPSA) is 49.4 Å². The summed E-state index contributed by atoms with van der Waals surface area (Å²) in [6, 6.07) is 22.6. The summed E-state index contributed by atoms with van der Waals surface area (Å²) in [5, 5.41) is 4.09. The molecule has 0 fully saturated rings. The molecular formula is C30H34Cl2N2O2S. The standard InChI is InChI=1S/C30H34Cl2N2O2S/c1-4-22(3)33-30(36)28(18-23-8-6-5-7-9-23)34(20-24-12-13-25(31)19-27(24)32)29(35)16-17-37-26-14-10-21(2)11-15-26/h5-15,19,22,28H,4,16-18,20H2,1-3H3,(H,33,36)/t22-,28+/m1/s1. The number of rotatable bonds is 12. The molecule has 0 aliphatic heterocycles. The van der Waals surface area contributed by atoms with Crippen LogP contribution in [0.15, 0.2) is 77.7 Å². The number of amides is 2. The van der Waals surface area contributed by atoms with Gasteiger partial charge >= 0.3 is 0 Å². The lowest BCUT2D eigenvalue weighted by Crippen LogP contribution is -2.52. The molecule has 0 aromatic heterocycles. The van der Waals surface area contributed by atoms with E-state index in [1.165, 1.54) is 5.56 Å². The maximum Gasteiger partial charge on any atom is 0.243 e. The number of carbonyl (C=O) groups excluding carboxylic acids is 2. The van der Waals surface area contributed by atoms with Crippen molar-refractivity contribution in [1.29, 1.82) is 0 Å². The third-order valence-electron chi connectivity index (χ3n) is 6.23. The predicted octanol–water partition coefficient (Wildman–Crippen LogP) is 7.34. The number of aryl methyl sites for hydroxylation is 1. The molecule has 0 radical (unpaired) electrons. The van der Waals surface area contributed by atoms with Gasteiger partial charge in [-0.05, 0) is 55.7 Å². The van der Waals surface area contributed by atoms with Gasteiger partial charge in [-0.25, -0.2) is 0 Å². The zero-order valence-corrected chi connectivity index (χ0v) is 23.9. The summed E-state index contributed by atoms with van der Waals surface area (Å²) in [5.74, 6) is 0.353. The quantitative estimate of drug-likeness (QED) is 0.237. The molecule has 0 heterocycles. The lowest BCUT2D eigenvalue weighted by molar-refractivity contribution is -0.141. The molecule has 3 aromatic rings. The summed E-state index contributed by atoms with van der Waals surface area (Å²) in [6.45, 7) is 6.26. The van der Waals surface area contributed by atoms with Gasteiger partial charge in [0.1, 0.15) is 6.04 Å². The number of hydrogen-bond acceptors (Lipinski definition) is 3. The van der Waals surface area contributed by atoms with Crippen LogP contribution in [-0.2, 0) is 22.6 Å². The smallest absolute Gasteiger partial charge is 0.243 e. The van der Waals surface area contributed by atoms with Crippen LogP contribution < -0.4 is 5.32 Å². The number of benzene rings is 3. The zero-order valence-electron chi connectivity index (χ0n) is 21.5. The average molecular weight is 558 g/mol. The largest absolute Gasteiger partial charge is 0.352 e. The Hall–Kier alpha value is -2.47. The third kappa shape index (κ3) is 9.10. The van der Waals surface area contributed by atoms with Gasteiger partial charge in [-0.3, -0.25) is 9.59 Å². The number of hydrogen-bond donors (Lipinski definition) is 1. The molecular weight excluding hydrogens is 523 g/mol. The Morgan fingerprint density at radius 1 is 1.00 bits per heavy atom. The second-order valence-electron chi connectivity index (χ2n) is 9.19. The fourth-order valence-electron chi connectivity index (χ4n) is 3.86. The van der Waals surface area contributed by atoms with Gasteiger partial charge in [-0.1, -0.05) is 84.2 Å². The van der Waals surface area contributed by atoms with Gasteiger partial charge in [0.05, 0.1) is 0 Å². The molecule has 3 rings (SSSR count). The number of halogens is 2. The van der Waals surface area contributed by atoms with Gasteiger partial charge in [-0.15, -0.1) is 11.8 Å². The van der Waals surface area contributed by atoms with E-state index in [9.17, 15) is 9.59 Å².